The third-order valence-electron chi connectivity index (χ3n) is 2.05. The summed E-state index contributed by atoms with van der Waals surface area (Å²) in [5.74, 6) is 0.331. The number of amides is 1. The SMILES string of the molecule is CCNC(=O)CCOc1cccc(Cl)c1C#N. The van der Waals surface area contributed by atoms with Crippen LogP contribution in [0, 0.1) is 11.3 Å². The topological polar surface area (TPSA) is 62.1 Å². The lowest BCUT2D eigenvalue weighted by Gasteiger charge is -2.08. The molecule has 0 spiro atoms. The molecule has 0 aliphatic carbocycles. The Hall–Kier alpha value is -1.73. The molecule has 5 heteroatoms. The van der Waals surface area contributed by atoms with Crippen molar-refractivity contribution in [3.63, 3.8) is 0 Å². The van der Waals surface area contributed by atoms with Crippen LogP contribution in [0.25, 0.3) is 0 Å². The van der Waals surface area contributed by atoms with E-state index < -0.39 is 0 Å². The summed E-state index contributed by atoms with van der Waals surface area (Å²) < 4.78 is 5.36. The van der Waals surface area contributed by atoms with Gasteiger partial charge in [0.1, 0.15) is 17.4 Å². The fraction of sp³-hybridized carbons (Fsp3) is 0.333. The predicted molar refractivity (Wildman–Crippen MR) is 65.0 cm³/mol. The molecule has 1 rings (SSSR count). The van der Waals surface area contributed by atoms with Gasteiger partial charge in [0.05, 0.1) is 18.1 Å². The minimum atomic E-state index is -0.0759. The molecule has 90 valence electrons. The first kappa shape index (κ1) is 13.3. The zero-order valence-electron chi connectivity index (χ0n) is 9.50. The standard InChI is InChI=1S/C12H13ClN2O2/c1-2-15-12(16)6-7-17-11-5-3-4-10(13)9(11)8-14/h3-5H,2,6-7H2,1H3,(H,15,16). The number of halogens is 1. The summed E-state index contributed by atoms with van der Waals surface area (Å²) >= 11 is 5.84. The van der Waals surface area contributed by atoms with Crippen molar-refractivity contribution in [2.75, 3.05) is 13.2 Å². The van der Waals surface area contributed by atoms with Crippen molar-refractivity contribution in [1.82, 2.24) is 5.32 Å². The summed E-state index contributed by atoms with van der Waals surface area (Å²) in [4.78, 5) is 11.2. The number of rotatable bonds is 5. The zero-order valence-corrected chi connectivity index (χ0v) is 10.3. The van der Waals surface area contributed by atoms with Crippen molar-refractivity contribution >= 4 is 17.5 Å². The average molecular weight is 253 g/mol. The van der Waals surface area contributed by atoms with Gasteiger partial charge < -0.3 is 10.1 Å². The van der Waals surface area contributed by atoms with Gasteiger partial charge in [0.15, 0.2) is 0 Å². The third-order valence-corrected chi connectivity index (χ3v) is 2.36. The number of carbonyl (C=O) groups is 1. The number of ether oxygens (including phenoxy) is 1. The van der Waals surface area contributed by atoms with E-state index >= 15 is 0 Å². The van der Waals surface area contributed by atoms with E-state index in [0.717, 1.165) is 0 Å². The first-order valence-corrected chi connectivity index (χ1v) is 5.65. The quantitative estimate of drug-likeness (QED) is 0.873. The van der Waals surface area contributed by atoms with Gasteiger partial charge in [-0.05, 0) is 19.1 Å². The van der Waals surface area contributed by atoms with Gasteiger partial charge in [-0.1, -0.05) is 17.7 Å². The normalized spacial score (nSPS) is 9.47. The van der Waals surface area contributed by atoms with E-state index in [1.807, 2.05) is 13.0 Å². The molecule has 0 aromatic heterocycles. The summed E-state index contributed by atoms with van der Waals surface area (Å²) in [6.07, 6.45) is 0.255. The largest absolute Gasteiger partial charge is 0.492 e. The number of hydrogen-bond donors (Lipinski definition) is 1. The second-order valence-corrected chi connectivity index (χ2v) is 3.68. The summed E-state index contributed by atoms with van der Waals surface area (Å²) in [5, 5.41) is 11.9. The molecule has 1 aromatic rings. The Morgan fingerprint density at radius 2 is 2.35 bits per heavy atom. The first-order chi connectivity index (χ1) is 8.19. The predicted octanol–water partition coefficient (Wildman–Crippen LogP) is 2.12. The molecular weight excluding hydrogens is 240 g/mol. The number of nitrogens with one attached hydrogen (secondary N) is 1. The van der Waals surface area contributed by atoms with E-state index in [1.54, 1.807) is 18.2 Å². The minimum Gasteiger partial charge on any atom is -0.492 e. The highest BCUT2D eigenvalue weighted by Crippen LogP contribution is 2.25. The van der Waals surface area contributed by atoms with E-state index in [2.05, 4.69) is 5.32 Å². The maximum absolute atomic E-state index is 11.2. The molecular formula is C12H13ClN2O2. The lowest BCUT2D eigenvalue weighted by atomic mass is 10.2. The van der Waals surface area contributed by atoms with Crippen molar-refractivity contribution in [3.05, 3.63) is 28.8 Å². The molecule has 0 fully saturated rings. The van der Waals surface area contributed by atoms with E-state index in [1.165, 1.54) is 0 Å². The van der Waals surface area contributed by atoms with Crippen molar-refractivity contribution in [2.45, 2.75) is 13.3 Å². The van der Waals surface area contributed by atoms with E-state index in [9.17, 15) is 4.79 Å². The molecule has 0 heterocycles. The van der Waals surface area contributed by atoms with Crippen LogP contribution in [0.1, 0.15) is 18.9 Å². The smallest absolute Gasteiger partial charge is 0.223 e. The monoisotopic (exact) mass is 252 g/mol. The van der Waals surface area contributed by atoms with Gasteiger partial charge in [-0.25, -0.2) is 0 Å². The Morgan fingerprint density at radius 3 is 3.00 bits per heavy atom. The van der Waals surface area contributed by atoms with Gasteiger partial charge in [0.25, 0.3) is 0 Å². The molecule has 0 radical (unpaired) electrons. The highest BCUT2D eigenvalue weighted by atomic mass is 35.5. The van der Waals surface area contributed by atoms with Crippen molar-refractivity contribution in [2.24, 2.45) is 0 Å². The van der Waals surface area contributed by atoms with Crippen LogP contribution in [0.4, 0.5) is 0 Å². The molecule has 0 atom stereocenters. The molecule has 0 aliphatic heterocycles. The van der Waals surface area contributed by atoms with E-state index in [0.29, 0.717) is 22.9 Å². The summed E-state index contributed by atoms with van der Waals surface area (Å²) in [6.45, 7) is 2.67. The van der Waals surface area contributed by atoms with Gasteiger partial charge in [-0.15, -0.1) is 0 Å². The molecule has 0 saturated carbocycles. The van der Waals surface area contributed by atoms with Crippen LogP contribution in [0.2, 0.25) is 5.02 Å². The fourth-order valence-electron chi connectivity index (χ4n) is 1.27. The molecule has 1 aromatic carbocycles. The third kappa shape index (κ3) is 3.97. The van der Waals surface area contributed by atoms with E-state index in [-0.39, 0.29) is 18.9 Å². The lowest BCUT2D eigenvalue weighted by molar-refractivity contribution is -0.121. The van der Waals surface area contributed by atoms with Crippen molar-refractivity contribution in [1.29, 1.82) is 5.26 Å². The number of hydrogen-bond acceptors (Lipinski definition) is 3. The molecule has 17 heavy (non-hydrogen) atoms. The molecule has 0 unspecified atom stereocenters. The Labute approximate surface area is 105 Å². The number of carbonyl (C=O) groups excluding carboxylic acids is 1. The minimum absolute atomic E-state index is 0.0759. The Bertz CT molecular complexity index is 441. The second-order valence-electron chi connectivity index (χ2n) is 3.28. The van der Waals surface area contributed by atoms with Crippen LogP contribution >= 0.6 is 11.6 Å². The zero-order chi connectivity index (χ0) is 12.7. The van der Waals surface area contributed by atoms with Gasteiger partial charge >= 0.3 is 0 Å². The summed E-state index contributed by atoms with van der Waals surface area (Å²) in [6, 6.07) is 6.95. The van der Waals surface area contributed by atoms with Crippen LogP contribution < -0.4 is 10.1 Å². The molecule has 1 amide bonds. The van der Waals surface area contributed by atoms with Gasteiger partial charge in [0.2, 0.25) is 5.91 Å². The lowest BCUT2D eigenvalue weighted by Crippen LogP contribution is -2.24. The Morgan fingerprint density at radius 1 is 1.59 bits per heavy atom. The van der Waals surface area contributed by atoms with Crippen LogP contribution in [-0.4, -0.2) is 19.1 Å². The molecule has 0 aliphatic rings. The first-order valence-electron chi connectivity index (χ1n) is 5.27. The number of nitriles is 1. The highest BCUT2D eigenvalue weighted by molar-refractivity contribution is 6.31. The van der Waals surface area contributed by atoms with Gasteiger partial charge in [-0.3, -0.25) is 4.79 Å². The maximum Gasteiger partial charge on any atom is 0.223 e. The van der Waals surface area contributed by atoms with Crippen LogP contribution in [0.3, 0.4) is 0 Å². The van der Waals surface area contributed by atoms with Crippen LogP contribution in [0.5, 0.6) is 5.75 Å². The Balaban J connectivity index is 2.56. The number of benzene rings is 1. The molecule has 0 saturated heterocycles. The highest BCUT2D eigenvalue weighted by Gasteiger charge is 2.08. The van der Waals surface area contributed by atoms with Gasteiger partial charge in [0, 0.05) is 6.54 Å². The molecule has 0 bridgehead atoms. The van der Waals surface area contributed by atoms with Gasteiger partial charge in [-0.2, -0.15) is 5.26 Å². The summed E-state index contributed by atoms with van der Waals surface area (Å²) in [5.41, 5.74) is 0.296. The van der Waals surface area contributed by atoms with Crippen LogP contribution in [-0.2, 0) is 4.79 Å². The van der Waals surface area contributed by atoms with Crippen LogP contribution in [0.15, 0.2) is 18.2 Å². The average Bonchev–Trinajstić information content (AvgIpc) is 2.29. The van der Waals surface area contributed by atoms with E-state index in [4.69, 9.17) is 21.6 Å². The maximum atomic E-state index is 11.2. The molecule has 4 nitrogen and oxygen atoms in total. The second kappa shape index (κ2) is 6.77. The van der Waals surface area contributed by atoms with Crippen molar-refractivity contribution < 1.29 is 9.53 Å². The van der Waals surface area contributed by atoms with Crippen molar-refractivity contribution in [3.8, 4) is 11.8 Å². The fourth-order valence-corrected chi connectivity index (χ4v) is 1.48. The summed E-state index contributed by atoms with van der Waals surface area (Å²) in [7, 11) is 0. The molecule has 1 N–H and O–H groups in total. The Kier molecular flexibility index (Phi) is 5.31. The number of nitrogens with zero attached hydrogens (tertiary/aromatic N) is 1.